The van der Waals surface area contributed by atoms with E-state index in [2.05, 4.69) is 12.1 Å². The Morgan fingerprint density at radius 2 is 1.73 bits per heavy atom. The van der Waals surface area contributed by atoms with Crippen molar-refractivity contribution >= 4 is 22.4 Å². The van der Waals surface area contributed by atoms with Crippen LogP contribution in [0.4, 0.5) is 10.1 Å². The van der Waals surface area contributed by atoms with Gasteiger partial charge in [-0.1, -0.05) is 36.4 Å². The van der Waals surface area contributed by atoms with Crippen molar-refractivity contribution in [1.82, 2.24) is 0 Å². The quantitative estimate of drug-likeness (QED) is 0.753. The number of carbonyl (C=O) groups excluding carboxylic acids is 1. The second kappa shape index (κ2) is 5.92. The number of hydrogen-bond acceptors (Lipinski definition) is 1. The summed E-state index contributed by atoms with van der Waals surface area (Å²) in [6, 6.07) is 19.3. The Kier molecular flexibility index (Phi) is 3.54. The number of carbonyl (C=O) groups is 1. The molecule has 1 fully saturated rings. The first kappa shape index (κ1) is 15.5. The molecule has 2 aliphatic rings. The van der Waals surface area contributed by atoms with Crippen molar-refractivity contribution in [2.45, 2.75) is 25.4 Å². The van der Waals surface area contributed by atoms with Gasteiger partial charge in [0.1, 0.15) is 12.4 Å². The van der Waals surface area contributed by atoms with Gasteiger partial charge in [-0.15, -0.1) is 0 Å². The molecule has 1 unspecified atom stereocenters. The van der Waals surface area contributed by atoms with Gasteiger partial charge in [0.05, 0.1) is 17.3 Å². The Hall–Kier alpha value is -2.72. The molecule has 130 valence electrons. The third-order valence-corrected chi connectivity index (χ3v) is 5.51. The van der Waals surface area contributed by atoms with E-state index in [1.54, 1.807) is 0 Å². The number of halogens is 1. The van der Waals surface area contributed by atoms with E-state index in [1.165, 1.54) is 29.9 Å². The number of amides is 1. The van der Waals surface area contributed by atoms with Crippen LogP contribution in [-0.4, -0.2) is 18.6 Å². The summed E-state index contributed by atoms with van der Waals surface area (Å²) in [5.41, 5.74) is 2.92. The topological polar surface area (TPSA) is 24.8 Å². The van der Waals surface area contributed by atoms with Crippen LogP contribution in [-0.2, 0) is 6.54 Å². The van der Waals surface area contributed by atoms with Crippen molar-refractivity contribution in [1.29, 1.82) is 0 Å². The Bertz CT molecular complexity index is 989. The van der Waals surface area contributed by atoms with E-state index >= 15 is 0 Å². The number of rotatable bonds is 5. The summed E-state index contributed by atoms with van der Waals surface area (Å²) in [7, 11) is 0. The number of quaternary nitrogens is 1. The second-order valence-corrected chi connectivity index (χ2v) is 7.31. The van der Waals surface area contributed by atoms with Crippen molar-refractivity contribution < 1.29 is 14.1 Å². The summed E-state index contributed by atoms with van der Waals surface area (Å²) >= 11 is 0. The summed E-state index contributed by atoms with van der Waals surface area (Å²) in [4.78, 5) is 16.3. The van der Waals surface area contributed by atoms with E-state index in [4.69, 9.17) is 0 Å². The maximum Gasteiger partial charge on any atom is 0.263 e. The maximum absolute atomic E-state index is 13.2. The summed E-state index contributed by atoms with van der Waals surface area (Å²) in [5.74, 6) is -0.118. The highest BCUT2D eigenvalue weighted by molar-refractivity contribution is 6.24. The molecule has 0 saturated heterocycles. The van der Waals surface area contributed by atoms with E-state index in [9.17, 15) is 9.18 Å². The third kappa shape index (κ3) is 2.58. The Balaban J connectivity index is 1.45. The normalized spacial score (nSPS) is 17.1. The number of hydrogen-bond donors (Lipinski definition) is 1. The van der Waals surface area contributed by atoms with Crippen molar-refractivity contribution in [2.24, 2.45) is 0 Å². The predicted molar refractivity (Wildman–Crippen MR) is 99.7 cm³/mol. The van der Waals surface area contributed by atoms with Crippen LogP contribution >= 0.6 is 0 Å². The number of benzene rings is 3. The van der Waals surface area contributed by atoms with E-state index in [-0.39, 0.29) is 11.7 Å². The Morgan fingerprint density at radius 1 is 1.00 bits per heavy atom. The van der Waals surface area contributed by atoms with Crippen LogP contribution in [0.5, 0.6) is 0 Å². The van der Waals surface area contributed by atoms with Gasteiger partial charge >= 0.3 is 0 Å². The molecule has 1 saturated carbocycles. The van der Waals surface area contributed by atoms with E-state index in [1.807, 2.05) is 41.3 Å². The summed E-state index contributed by atoms with van der Waals surface area (Å²) in [6.07, 6.45) is 2.38. The molecule has 0 bridgehead atoms. The smallest absolute Gasteiger partial charge is 0.263 e. The highest BCUT2D eigenvalue weighted by Gasteiger charge is 2.38. The number of nitrogens with one attached hydrogen (secondary N) is 1. The molecule has 1 aliphatic heterocycles. The lowest BCUT2D eigenvalue weighted by molar-refractivity contribution is -0.923. The molecule has 5 rings (SSSR count). The molecule has 26 heavy (non-hydrogen) atoms. The van der Waals surface area contributed by atoms with Crippen LogP contribution in [0.2, 0.25) is 0 Å². The largest absolute Gasteiger partial charge is 0.311 e. The number of nitrogens with zero attached hydrogens (tertiary/aromatic N) is 1. The molecular formula is C22H20FN2O+. The first-order valence-electron chi connectivity index (χ1n) is 9.13. The lowest BCUT2D eigenvalue weighted by Crippen LogP contribution is -3.13. The van der Waals surface area contributed by atoms with Gasteiger partial charge < -0.3 is 4.90 Å². The molecule has 4 heteroatoms. The van der Waals surface area contributed by atoms with Crippen LogP contribution in [0.25, 0.3) is 10.8 Å². The van der Waals surface area contributed by atoms with Gasteiger partial charge in [-0.2, -0.15) is 0 Å². The Labute approximate surface area is 151 Å². The van der Waals surface area contributed by atoms with E-state index in [0.717, 1.165) is 34.1 Å². The summed E-state index contributed by atoms with van der Waals surface area (Å²) in [6.45, 7) is 1.45. The second-order valence-electron chi connectivity index (χ2n) is 7.31. The van der Waals surface area contributed by atoms with Crippen LogP contribution in [0.1, 0.15) is 28.8 Å². The van der Waals surface area contributed by atoms with Gasteiger partial charge in [0.2, 0.25) is 0 Å². The van der Waals surface area contributed by atoms with E-state index < -0.39 is 0 Å². The average Bonchev–Trinajstić information content (AvgIpc) is 3.47. The minimum absolute atomic E-state index is 0.0917. The molecule has 3 nitrogen and oxygen atoms in total. The van der Waals surface area contributed by atoms with Gasteiger partial charge in [-0.3, -0.25) is 9.69 Å². The van der Waals surface area contributed by atoms with Gasteiger partial charge in [-0.05, 0) is 29.7 Å². The van der Waals surface area contributed by atoms with Gasteiger partial charge in [-0.25, -0.2) is 4.39 Å². The molecule has 3 aromatic rings. The fraction of sp³-hybridized carbons (Fsp3) is 0.227. The van der Waals surface area contributed by atoms with E-state index in [0.29, 0.717) is 12.7 Å². The molecule has 0 radical (unpaired) electrons. The molecule has 1 atom stereocenters. The zero-order valence-electron chi connectivity index (χ0n) is 14.4. The van der Waals surface area contributed by atoms with Crippen molar-refractivity contribution in [3.05, 3.63) is 77.6 Å². The molecular weight excluding hydrogens is 327 g/mol. The third-order valence-electron chi connectivity index (χ3n) is 5.51. The predicted octanol–water partition coefficient (Wildman–Crippen LogP) is 3.14. The van der Waals surface area contributed by atoms with Gasteiger partial charge in [0.15, 0.2) is 6.67 Å². The van der Waals surface area contributed by atoms with Crippen LogP contribution in [0.3, 0.4) is 0 Å². The van der Waals surface area contributed by atoms with Crippen LogP contribution < -0.4 is 9.80 Å². The lowest BCUT2D eigenvalue weighted by atomic mass is 10.1. The van der Waals surface area contributed by atoms with Gasteiger partial charge in [0.25, 0.3) is 5.91 Å². The lowest BCUT2D eigenvalue weighted by Gasteiger charge is -2.26. The summed E-state index contributed by atoms with van der Waals surface area (Å²) < 4.78 is 13.2. The van der Waals surface area contributed by atoms with Crippen molar-refractivity contribution in [3.8, 4) is 0 Å². The molecule has 0 spiro atoms. The molecule has 1 N–H and O–H groups in total. The van der Waals surface area contributed by atoms with Crippen LogP contribution in [0, 0.1) is 5.82 Å². The van der Waals surface area contributed by atoms with Crippen LogP contribution in [0.15, 0.2) is 60.7 Å². The number of anilines is 1. The molecule has 1 heterocycles. The minimum Gasteiger partial charge on any atom is -0.311 e. The fourth-order valence-corrected chi connectivity index (χ4v) is 4.02. The SMILES string of the molecule is O=C1c2cccc3cccc(c23)N1C[NH+](Cc1ccc(F)cc1)C1CC1. The Morgan fingerprint density at radius 3 is 2.46 bits per heavy atom. The molecule has 0 aromatic heterocycles. The molecule has 1 amide bonds. The molecule has 3 aromatic carbocycles. The van der Waals surface area contributed by atoms with Crippen molar-refractivity contribution in [2.75, 3.05) is 11.6 Å². The standard InChI is InChI=1S/C22H19FN2O/c23-17-9-7-15(8-10-17)13-24(18-11-12-18)14-25-20-6-2-4-16-3-1-5-19(21(16)20)22(25)26/h1-10,18H,11-14H2/p+1. The van der Waals surface area contributed by atoms with Crippen molar-refractivity contribution in [3.63, 3.8) is 0 Å². The first-order valence-corrected chi connectivity index (χ1v) is 9.13. The summed E-state index contributed by atoms with van der Waals surface area (Å²) in [5, 5.41) is 2.18. The van der Waals surface area contributed by atoms with Gasteiger partial charge in [0, 0.05) is 23.8 Å². The fourth-order valence-electron chi connectivity index (χ4n) is 4.02. The maximum atomic E-state index is 13.2. The zero-order valence-corrected chi connectivity index (χ0v) is 14.4. The highest BCUT2D eigenvalue weighted by atomic mass is 19.1. The minimum atomic E-state index is -0.210. The zero-order chi connectivity index (χ0) is 17.7. The first-order chi connectivity index (χ1) is 12.7. The molecule has 1 aliphatic carbocycles. The monoisotopic (exact) mass is 347 g/mol. The average molecular weight is 347 g/mol. The highest BCUT2D eigenvalue weighted by Crippen LogP contribution is 2.36.